The molecular weight excluding hydrogens is 235 g/mol. The number of halogens is 1. The molecule has 0 bridgehead atoms. The maximum absolute atomic E-state index is 13.8. The molecule has 0 unspecified atom stereocenters. The van der Waals surface area contributed by atoms with Gasteiger partial charge in [-0.2, -0.15) is 0 Å². The highest BCUT2D eigenvalue weighted by Gasteiger charge is 2.07. The number of thiocarbonyl (C=S) groups is 1. The standard InChI is InChI=1S/C13H19FN2S/c1-3-4-7-16(2)9-11-6-5-10(13(15)17)8-12(11)14/h5-6,8H,3-4,7,9H2,1-2H3,(H2,15,17). The van der Waals surface area contributed by atoms with Crippen LogP contribution >= 0.6 is 12.2 Å². The lowest BCUT2D eigenvalue weighted by Gasteiger charge is -2.16. The smallest absolute Gasteiger partial charge is 0.128 e. The van der Waals surface area contributed by atoms with Gasteiger partial charge in [-0.1, -0.05) is 37.7 Å². The third-order valence-corrected chi connectivity index (χ3v) is 2.91. The van der Waals surface area contributed by atoms with Gasteiger partial charge in [0.1, 0.15) is 10.8 Å². The molecular formula is C13H19FN2S. The Balaban J connectivity index is 2.69. The van der Waals surface area contributed by atoms with E-state index in [4.69, 9.17) is 18.0 Å². The van der Waals surface area contributed by atoms with Crippen molar-refractivity contribution in [3.63, 3.8) is 0 Å². The van der Waals surface area contributed by atoms with Gasteiger partial charge in [0, 0.05) is 17.7 Å². The van der Waals surface area contributed by atoms with Gasteiger partial charge in [0.05, 0.1) is 0 Å². The number of nitrogens with two attached hydrogens (primary N) is 1. The summed E-state index contributed by atoms with van der Waals surface area (Å²) >= 11 is 4.81. The van der Waals surface area contributed by atoms with Crippen molar-refractivity contribution in [2.75, 3.05) is 13.6 Å². The van der Waals surface area contributed by atoms with Crippen molar-refractivity contribution in [3.05, 3.63) is 35.1 Å². The third-order valence-electron chi connectivity index (χ3n) is 2.67. The average molecular weight is 254 g/mol. The summed E-state index contributed by atoms with van der Waals surface area (Å²) in [6.07, 6.45) is 2.27. The molecule has 2 nitrogen and oxygen atoms in total. The van der Waals surface area contributed by atoms with Crippen LogP contribution < -0.4 is 5.73 Å². The van der Waals surface area contributed by atoms with Gasteiger partial charge < -0.3 is 10.6 Å². The number of hydrogen-bond donors (Lipinski definition) is 1. The second kappa shape index (κ2) is 6.67. The molecule has 0 aliphatic rings. The van der Waals surface area contributed by atoms with Crippen molar-refractivity contribution in [1.82, 2.24) is 4.90 Å². The Morgan fingerprint density at radius 3 is 2.71 bits per heavy atom. The van der Waals surface area contributed by atoms with Gasteiger partial charge in [-0.25, -0.2) is 4.39 Å². The van der Waals surface area contributed by atoms with Gasteiger partial charge in [0.15, 0.2) is 0 Å². The molecule has 0 amide bonds. The minimum atomic E-state index is -0.237. The summed E-state index contributed by atoms with van der Waals surface area (Å²) in [5.74, 6) is -0.237. The summed E-state index contributed by atoms with van der Waals surface area (Å²) < 4.78 is 13.8. The molecule has 0 atom stereocenters. The van der Waals surface area contributed by atoms with Gasteiger partial charge in [-0.3, -0.25) is 0 Å². The largest absolute Gasteiger partial charge is 0.389 e. The van der Waals surface area contributed by atoms with Crippen molar-refractivity contribution in [3.8, 4) is 0 Å². The molecule has 1 aromatic rings. The topological polar surface area (TPSA) is 29.3 Å². The van der Waals surface area contributed by atoms with E-state index in [0.29, 0.717) is 17.7 Å². The highest BCUT2D eigenvalue weighted by molar-refractivity contribution is 7.80. The third kappa shape index (κ3) is 4.40. The van der Waals surface area contributed by atoms with Gasteiger partial charge in [-0.05, 0) is 26.1 Å². The van der Waals surface area contributed by atoms with Crippen LogP contribution in [0.1, 0.15) is 30.9 Å². The molecule has 0 spiro atoms. The number of unbranched alkanes of at least 4 members (excludes halogenated alkanes) is 1. The Labute approximate surface area is 108 Å². The Kier molecular flexibility index (Phi) is 5.51. The SMILES string of the molecule is CCCCN(C)Cc1ccc(C(N)=S)cc1F. The predicted molar refractivity (Wildman–Crippen MR) is 73.5 cm³/mol. The van der Waals surface area contributed by atoms with E-state index in [2.05, 4.69) is 11.8 Å². The fraction of sp³-hybridized carbons (Fsp3) is 0.462. The van der Waals surface area contributed by atoms with Crippen LogP contribution in [-0.4, -0.2) is 23.5 Å². The highest BCUT2D eigenvalue weighted by atomic mass is 32.1. The van der Waals surface area contributed by atoms with Gasteiger partial charge >= 0.3 is 0 Å². The van der Waals surface area contributed by atoms with Crippen molar-refractivity contribution < 1.29 is 4.39 Å². The minimum Gasteiger partial charge on any atom is -0.389 e. The Morgan fingerprint density at radius 2 is 2.18 bits per heavy atom. The summed E-state index contributed by atoms with van der Waals surface area (Å²) in [4.78, 5) is 2.34. The molecule has 1 aromatic carbocycles. The van der Waals surface area contributed by atoms with Crippen LogP contribution in [0, 0.1) is 5.82 Å². The average Bonchev–Trinajstić information content (AvgIpc) is 2.28. The second-order valence-corrected chi connectivity index (χ2v) is 4.70. The van der Waals surface area contributed by atoms with Crippen LogP contribution in [0.15, 0.2) is 18.2 Å². The summed E-state index contributed by atoms with van der Waals surface area (Å²) in [7, 11) is 2.00. The van der Waals surface area contributed by atoms with Crippen molar-refractivity contribution in [2.45, 2.75) is 26.3 Å². The van der Waals surface area contributed by atoms with Crippen molar-refractivity contribution in [2.24, 2.45) is 5.73 Å². The van der Waals surface area contributed by atoms with E-state index in [1.54, 1.807) is 12.1 Å². The molecule has 4 heteroatoms. The zero-order valence-corrected chi connectivity index (χ0v) is 11.2. The van der Waals surface area contributed by atoms with E-state index >= 15 is 0 Å². The molecule has 17 heavy (non-hydrogen) atoms. The Bertz CT molecular complexity index is 393. The Morgan fingerprint density at radius 1 is 1.47 bits per heavy atom. The monoisotopic (exact) mass is 254 g/mol. The summed E-state index contributed by atoms with van der Waals surface area (Å²) in [5.41, 5.74) is 6.72. The van der Waals surface area contributed by atoms with E-state index < -0.39 is 0 Å². The quantitative estimate of drug-likeness (QED) is 0.791. The molecule has 0 aromatic heterocycles. The van der Waals surface area contributed by atoms with E-state index in [0.717, 1.165) is 19.4 Å². The lowest BCUT2D eigenvalue weighted by molar-refractivity contribution is 0.315. The predicted octanol–water partition coefficient (Wildman–Crippen LogP) is 2.69. The van der Waals surface area contributed by atoms with Crippen LogP contribution in [0.4, 0.5) is 4.39 Å². The van der Waals surface area contributed by atoms with E-state index in [1.165, 1.54) is 6.07 Å². The molecule has 0 saturated carbocycles. The summed E-state index contributed by atoms with van der Waals surface area (Å²) in [6, 6.07) is 4.94. The minimum absolute atomic E-state index is 0.231. The van der Waals surface area contributed by atoms with Crippen molar-refractivity contribution >= 4 is 17.2 Å². The zero-order chi connectivity index (χ0) is 12.8. The number of hydrogen-bond acceptors (Lipinski definition) is 2. The van der Waals surface area contributed by atoms with E-state index in [-0.39, 0.29) is 10.8 Å². The molecule has 0 aliphatic heterocycles. The maximum atomic E-state index is 13.8. The number of benzene rings is 1. The molecule has 0 saturated heterocycles. The van der Waals surface area contributed by atoms with Crippen LogP contribution in [-0.2, 0) is 6.54 Å². The van der Waals surface area contributed by atoms with Crippen LogP contribution in [0.2, 0.25) is 0 Å². The summed E-state index contributed by atoms with van der Waals surface area (Å²) in [6.45, 7) is 3.74. The zero-order valence-electron chi connectivity index (χ0n) is 10.4. The van der Waals surface area contributed by atoms with E-state index in [1.807, 2.05) is 7.05 Å². The first-order valence-corrected chi connectivity index (χ1v) is 6.22. The molecule has 0 heterocycles. The highest BCUT2D eigenvalue weighted by Crippen LogP contribution is 2.12. The first-order valence-electron chi connectivity index (χ1n) is 5.81. The fourth-order valence-electron chi connectivity index (χ4n) is 1.63. The first-order chi connectivity index (χ1) is 8.04. The fourth-order valence-corrected chi connectivity index (χ4v) is 1.75. The lowest BCUT2D eigenvalue weighted by Crippen LogP contribution is -2.20. The number of nitrogens with zero attached hydrogens (tertiary/aromatic N) is 1. The first kappa shape index (κ1) is 14.1. The van der Waals surface area contributed by atoms with Crippen LogP contribution in [0.25, 0.3) is 0 Å². The van der Waals surface area contributed by atoms with Gasteiger partial charge in [0.25, 0.3) is 0 Å². The molecule has 1 rings (SSSR count). The van der Waals surface area contributed by atoms with Gasteiger partial charge in [-0.15, -0.1) is 0 Å². The number of rotatable bonds is 6. The second-order valence-electron chi connectivity index (χ2n) is 4.26. The Hall–Kier alpha value is -1.00. The van der Waals surface area contributed by atoms with Crippen LogP contribution in [0.5, 0.6) is 0 Å². The maximum Gasteiger partial charge on any atom is 0.128 e. The van der Waals surface area contributed by atoms with Crippen molar-refractivity contribution in [1.29, 1.82) is 0 Å². The molecule has 0 aliphatic carbocycles. The molecule has 0 fully saturated rings. The normalized spacial score (nSPS) is 10.8. The molecule has 2 N–H and O–H groups in total. The lowest BCUT2D eigenvalue weighted by atomic mass is 10.1. The molecule has 94 valence electrons. The summed E-state index contributed by atoms with van der Waals surface area (Å²) in [5, 5.41) is 0. The van der Waals surface area contributed by atoms with Gasteiger partial charge in [0.2, 0.25) is 0 Å². The van der Waals surface area contributed by atoms with Crippen LogP contribution in [0.3, 0.4) is 0 Å². The molecule has 0 radical (unpaired) electrons. The van der Waals surface area contributed by atoms with E-state index in [9.17, 15) is 4.39 Å².